The Kier molecular flexibility index (Phi) is 9.16. The molecule has 212 valence electrons. The lowest BCUT2D eigenvalue weighted by Crippen LogP contribution is -2.40. The maximum absolute atomic E-state index is 13.7. The zero-order valence-electron chi connectivity index (χ0n) is 22.6. The molecule has 3 amide bonds. The van der Waals surface area contributed by atoms with Crippen molar-refractivity contribution in [1.29, 1.82) is 0 Å². The summed E-state index contributed by atoms with van der Waals surface area (Å²) in [6.45, 7) is 2.20. The van der Waals surface area contributed by atoms with Crippen molar-refractivity contribution in [3.63, 3.8) is 0 Å². The van der Waals surface area contributed by atoms with E-state index in [1.807, 2.05) is 37.3 Å². The van der Waals surface area contributed by atoms with Crippen LogP contribution in [0.15, 0.2) is 66.7 Å². The van der Waals surface area contributed by atoms with E-state index in [4.69, 9.17) is 23.2 Å². The fraction of sp³-hybridized carbons (Fsp3) is 0.300. The summed E-state index contributed by atoms with van der Waals surface area (Å²) in [5.74, 6) is 0.303. The highest BCUT2D eigenvalue weighted by Crippen LogP contribution is 2.34. The van der Waals surface area contributed by atoms with E-state index in [0.717, 1.165) is 16.8 Å². The van der Waals surface area contributed by atoms with E-state index in [1.54, 1.807) is 29.2 Å². The fourth-order valence-corrected chi connectivity index (χ4v) is 5.41. The lowest BCUT2D eigenvalue weighted by atomic mass is 9.84. The van der Waals surface area contributed by atoms with Crippen LogP contribution >= 0.6 is 23.2 Å². The van der Waals surface area contributed by atoms with Crippen molar-refractivity contribution in [1.82, 2.24) is 25.9 Å². The first kappa shape index (κ1) is 28.6. The minimum Gasteiger partial charge on any atom is -0.331 e. The maximum atomic E-state index is 13.7. The van der Waals surface area contributed by atoms with E-state index in [0.29, 0.717) is 28.1 Å². The van der Waals surface area contributed by atoms with E-state index in [-0.39, 0.29) is 23.9 Å². The first-order valence-electron chi connectivity index (χ1n) is 13.6. The van der Waals surface area contributed by atoms with E-state index < -0.39 is 0 Å². The number of carbonyl (C=O) groups excluding carboxylic acids is 2. The van der Waals surface area contributed by atoms with Gasteiger partial charge in [-0.2, -0.15) is 5.21 Å². The third kappa shape index (κ3) is 7.23. The molecule has 1 unspecified atom stereocenters. The Morgan fingerprint density at radius 3 is 2.37 bits per heavy atom. The number of aromatic amines is 1. The molecule has 0 radical (unpaired) electrons. The van der Waals surface area contributed by atoms with Crippen LogP contribution in [0.2, 0.25) is 10.0 Å². The largest absolute Gasteiger partial charge is 0.331 e. The summed E-state index contributed by atoms with van der Waals surface area (Å²) < 4.78 is 0. The zero-order chi connectivity index (χ0) is 28.8. The normalized spacial score (nSPS) is 14.3. The highest BCUT2D eigenvalue weighted by atomic mass is 35.5. The molecule has 0 saturated heterocycles. The van der Waals surface area contributed by atoms with E-state index in [1.165, 1.54) is 37.7 Å². The Hall–Kier alpha value is -3.95. The number of urea groups is 1. The van der Waals surface area contributed by atoms with Crippen LogP contribution in [0.25, 0.3) is 0 Å². The number of carbonyl (C=O) groups is 2. The molecule has 1 fully saturated rings. The quantitative estimate of drug-likeness (QED) is 0.199. The van der Waals surface area contributed by atoms with Crippen molar-refractivity contribution in [2.24, 2.45) is 0 Å². The molecule has 0 spiro atoms. The van der Waals surface area contributed by atoms with Crippen LogP contribution in [0.5, 0.6) is 0 Å². The number of aromatic nitrogens is 4. The van der Waals surface area contributed by atoms with Gasteiger partial charge in [0, 0.05) is 11.3 Å². The minimum absolute atomic E-state index is 0.0923. The van der Waals surface area contributed by atoms with Gasteiger partial charge in [0.1, 0.15) is 0 Å². The number of halogens is 2. The highest BCUT2D eigenvalue weighted by Gasteiger charge is 2.21. The van der Waals surface area contributed by atoms with Crippen molar-refractivity contribution in [3.05, 3.63) is 99.0 Å². The Balaban J connectivity index is 1.35. The number of hydrogen-bond acceptors (Lipinski definition) is 5. The van der Waals surface area contributed by atoms with Gasteiger partial charge < -0.3 is 5.32 Å². The van der Waals surface area contributed by atoms with Gasteiger partial charge in [-0.25, -0.2) is 4.79 Å². The molecule has 1 atom stereocenters. The fourth-order valence-electron chi connectivity index (χ4n) is 5.10. The number of tetrazole rings is 1. The van der Waals surface area contributed by atoms with Gasteiger partial charge in [0.2, 0.25) is 0 Å². The Bertz CT molecular complexity index is 1470. The van der Waals surface area contributed by atoms with Gasteiger partial charge in [-0.15, -0.1) is 5.10 Å². The van der Waals surface area contributed by atoms with Crippen LogP contribution < -0.4 is 15.5 Å². The smallest absolute Gasteiger partial charge is 0.322 e. The minimum atomic E-state index is -0.360. The van der Waals surface area contributed by atoms with Gasteiger partial charge in [-0.05, 0) is 84.0 Å². The predicted molar refractivity (Wildman–Crippen MR) is 160 cm³/mol. The molecule has 0 bridgehead atoms. The molecule has 41 heavy (non-hydrogen) atoms. The Labute approximate surface area is 248 Å². The molecule has 1 aliphatic rings. The van der Waals surface area contributed by atoms with Crippen LogP contribution in [0.3, 0.4) is 0 Å². The molecule has 4 aromatic rings. The van der Waals surface area contributed by atoms with Crippen LogP contribution in [0.1, 0.15) is 78.0 Å². The average molecular weight is 593 g/mol. The van der Waals surface area contributed by atoms with Crippen molar-refractivity contribution in [3.8, 4) is 0 Å². The van der Waals surface area contributed by atoms with Gasteiger partial charge in [-0.1, -0.05) is 77.9 Å². The van der Waals surface area contributed by atoms with Crippen molar-refractivity contribution < 1.29 is 9.59 Å². The first-order valence-corrected chi connectivity index (χ1v) is 14.4. The summed E-state index contributed by atoms with van der Waals surface area (Å²) >= 11 is 12.3. The second-order valence-electron chi connectivity index (χ2n) is 10.2. The molecular weight excluding hydrogens is 561 g/mol. The maximum Gasteiger partial charge on any atom is 0.322 e. The number of hydrogen-bond donors (Lipinski definition) is 3. The summed E-state index contributed by atoms with van der Waals surface area (Å²) in [7, 11) is 0. The summed E-state index contributed by atoms with van der Waals surface area (Å²) in [6.07, 6.45) is 6.24. The lowest BCUT2D eigenvalue weighted by Gasteiger charge is -2.27. The molecule has 11 heteroatoms. The summed E-state index contributed by atoms with van der Waals surface area (Å²) in [5.41, 5.74) is 4.23. The standard InChI is InChI=1S/C30H31Cl2N7O2/c1-19(24-13-16-26(31)27(32)17-24)33-30(41)39(25-14-11-22(12-15-25)21-5-3-2-4-6-21)18-20-7-9-23(10-8-20)28(40)34-29-35-37-38-36-29/h7-17,19,21H,2-6,18H2,1H3,(H,33,41)(H2,34,35,36,37,38,40). The number of amides is 3. The van der Waals surface area contributed by atoms with Gasteiger partial charge >= 0.3 is 6.03 Å². The lowest BCUT2D eigenvalue weighted by molar-refractivity contribution is 0.102. The van der Waals surface area contributed by atoms with Crippen LogP contribution in [-0.2, 0) is 6.54 Å². The summed E-state index contributed by atoms with van der Waals surface area (Å²) in [6, 6.07) is 20.1. The summed E-state index contributed by atoms with van der Waals surface area (Å²) in [5, 5.41) is 19.8. The van der Waals surface area contributed by atoms with Gasteiger partial charge in [0.25, 0.3) is 11.9 Å². The Morgan fingerprint density at radius 1 is 0.976 bits per heavy atom. The zero-order valence-corrected chi connectivity index (χ0v) is 24.1. The second kappa shape index (κ2) is 13.1. The molecule has 3 aromatic carbocycles. The van der Waals surface area contributed by atoms with E-state index >= 15 is 0 Å². The van der Waals surface area contributed by atoms with Crippen molar-refractivity contribution >= 4 is 46.8 Å². The molecule has 5 rings (SSSR count). The summed E-state index contributed by atoms with van der Waals surface area (Å²) in [4.78, 5) is 27.9. The average Bonchev–Trinajstić information content (AvgIpc) is 3.51. The van der Waals surface area contributed by atoms with Gasteiger partial charge in [0.15, 0.2) is 0 Å². The Morgan fingerprint density at radius 2 is 1.71 bits per heavy atom. The third-order valence-electron chi connectivity index (χ3n) is 7.44. The number of nitrogens with one attached hydrogen (secondary N) is 3. The molecule has 1 aromatic heterocycles. The first-order chi connectivity index (χ1) is 19.9. The molecule has 1 heterocycles. The molecule has 9 nitrogen and oxygen atoms in total. The third-order valence-corrected chi connectivity index (χ3v) is 8.18. The number of benzene rings is 3. The SMILES string of the molecule is CC(NC(=O)N(Cc1ccc(C(=O)Nc2nn[nH]n2)cc1)c1ccc(C2CCCCC2)cc1)c1ccc(Cl)c(Cl)c1. The number of nitrogens with zero attached hydrogens (tertiary/aromatic N) is 4. The monoisotopic (exact) mass is 591 g/mol. The molecule has 0 aliphatic heterocycles. The van der Waals surface area contributed by atoms with Crippen LogP contribution in [0.4, 0.5) is 16.4 Å². The molecular formula is C30H31Cl2N7O2. The molecule has 1 aliphatic carbocycles. The van der Waals surface area contributed by atoms with Gasteiger partial charge in [0.05, 0.1) is 22.6 Å². The van der Waals surface area contributed by atoms with Gasteiger partial charge in [-0.3, -0.25) is 15.0 Å². The van der Waals surface area contributed by atoms with E-state index in [9.17, 15) is 9.59 Å². The van der Waals surface area contributed by atoms with E-state index in [2.05, 4.69) is 43.4 Å². The number of H-pyrrole nitrogens is 1. The second-order valence-corrected chi connectivity index (χ2v) is 11.1. The number of anilines is 2. The predicted octanol–water partition coefficient (Wildman–Crippen LogP) is 7.28. The highest BCUT2D eigenvalue weighted by molar-refractivity contribution is 6.42. The molecule has 1 saturated carbocycles. The topological polar surface area (TPSA) is 116 Å². The molecule has 3 N–H and O–H groups in total. The van der Waals surface area contributed by atoms with Crippen molar-refractivity contribution in [2.45, 2.75) is 57.5 Å². The number of rotatable bonds is 8. The van der Waals surface area contributed by atoms with Crippen LogP contribution in [0, 0.1) is 0 Å². The van der Waals surface area contributed by atoms with Crippen molar-refractivity contribution in [2.75, 3.05) is 10.2 Å². The van der Waals surface area contributed by atoms with Crippen LogP contribution in [-0.4, -0.2) is 32.6 Å².